The zero-order valence-electron chi connectivity index (χ0n) is 13.1. The Bertz CT molecular complexity index is 724. The van der Waals surface area contributed by atoms with Gasteiger partial charge in [-0.15, -0.1) is 0 Å². The van der Waals surface area contributed by atoms with Crippen LogP contribution < -0.4 is 0 Å². The highest BCUT2D eigenvalue weighted by atomic mass is 31.3. The Morgan fingerprint density at radius 1 is 0.750 bits per heavy atom. The first-order valence-electron chi connectivity index (χ1n) is 6.54. The summed E-state index contributed by atoms with van der Waals surface area (Å²) in [6.07, 6.45) is -11.4. The lowest BCUT2D eigenvalue weighted by molar-refractivity contribution is -0.279. The van der Waals surface area contributed by atoms with Crippen LogP contribution in [0.3, 0.4) is 0 Å². The largest absolute Gasteiger partial charge is 0.481 e. The first-order valence-corrected chi connectivity index (χ1v) is 12.6. The molecule has 0 saturated carbocycles. The standard InChI is InChI=1S/C6H16O18P4/c7-1-2-3(8)4(21-27(16,17)23-25(10,11)12)5(6(9)20-2)22-28(18,19)24-26(13,14)15/h2-9H,1H2,(H,16,17)(H,18,19)(H2,10,11,12)(H2,13,14,15)/t2-,3-,4+,5-,6+/m1/s1. The van der Waals surface area contributed by atoms with Crippen molar-refractivity contribution in [3.8, 4) is 0 Å². The number of phosphoric ester groups is 2. The van der Waals surface area contributed by atoms with Gasteiger partial charge < -0.3 is 49.4 Å². The lowest BCUT2D eigenvalue weighted by Gasteiger charge is -2.41. The molecule has 0 aromatic heterocycles. The van der Waals surface area contributed by atoms with Crippen molar-refractivity contribution in [2.24, 2.45) is 0 Å². The van der Waals surface area contributed by atoms with Crippen molar-refractivity contribution >= 4 is 31.3 Å². The van der Waals surface area contributed by atoms with E-state index >= 15 is 0 Å². The SMILES string of the molecule is O=P(O)(O)OP(=O)(O)O[C@@H]1[C@@H](OP(=O)(O)OP(=O)(O)O)[C@H](O)[C@@H](CO)O[C@@H]1O. The first kappa shape index (κ1) is 26.4. The van der Waals surface area contributed by atoms with Gasteiger partial charge in [-0.3, -0.25) is 9.05 Å². The van der Waals surface area contributed by atoms with E-state index in [-0.39, 0.29) is 0 Å². The second-order valence-electron chi connectivity index (χ2n) is 4.96. The zero-order chi connectivity index (χ0) is 22.1. The van der Waals surface area contributed by atoms with E-state index in [9.17, 15) is 38.3 Å². The monoisotopic (exact) mass is 500 g/mol. The average Bonchev–Trinajstić information content (AvgIpc) is 2.40. The van der Waals surface area contributed by atoms with Gasteiger partial charge in [0.15, 0.2) is 6.29 Å². The van der Waals surface area contributed by atoms with Gasteiger partial charge in [-0.2, -0.15) is 8.62 Å². The molecule has 0 aliphatic carbocycles. The molecule has 7 atom stereocenters. The maximum absolute atomic E-state index is 11.7. The van der Waals surface area contributed by atoms with Gasteiger partial charge in [0.05, 0.1) is 6.61 Å². The molecule has 1 heterocycles. The minimum absolute atomic E-state index is 1.06. The van der Waals surface area contributed by atoms with Crippen LogP contribution in [0, 0.1) is 0 Å². The number of hydrogen-bond acceptors (Lipinski definition) is 12. The Hall–Kier alpha value is 0.360. The van der Waals surface area contributed by atoms with Crippen molar-refractivity contribution in [1.82, 2.24) is 0 Å². The van der Waals surface area contributed by atoms with Crippen LogP contribution in [-0.4, -0.2) is 82.0 Å². The van der Waals surface area contributed by atoms with Crippen LogP contribution in [0.2, 0.25) is 0 Å². The lowest BCUT2D eigenvalue weighted by atomic mass is 9.99. The van der Waals surface area contributed by atoms with Crippen molar-refractivity contribution in [2.75, 3.05) is 6.61 Å². The number of aliphatic hydroxyl groups is 3. The highest BCUT2D eigenvalue weighted by molar-refractivity contribution is 7.61. The molecule has 1 rings (SSSR count). The van der Waals surface area contributed by atoms with Crippen LogP contribution in [-0.2, 0) is 40.7 Å². The second kappa shape index (κ2) is 9.24. The molecular formula is C6H16O18P4. The molecule has 168 valence electrons. The molecule has 9 N–H and O–H groups in total. The number of phosphoric acid groups is 4. The Labute approximate surface area is 154 Å². The van der Waals surface area contributed by atoms with Crippen LogP contribution in [0.5, 0.6) is 0 Å². The quantitative estimate of drug-likeness (QED) is 0.145. The zero-order valence-corrected chi connectivity index (χ0v) is 16.7. The van der Waals surface area contributed by atoms with Crippen LogP contribution in [0.4, 0.5) is 0 Å². The molecule has 0 aromatic carbocycles. The van der Waals surface area contributed by atoms with Gasteiger partial charge in [0.1, 0.15) is 24.4 Å². The summed E-state index contributed by atoms with van der Waals surface area (Å²) in [5.41, 5.74) is 0. The third kappa shape index (κ3) is 8.62. The Morgan fingerprint density at radius 3 is 1.50 bits per heavy atom. The first-order chi connectivity index (χ1) is 12.4. The number of ether oxygens (including phenoxy) is 1. The molecule has 0 amide bonds. The number of rotatable bonds is 9. The Morgan fingerprint density at radius 2 is 1.14 bits per heavy atom. The normalized spacial score (nSPS) is 33.8. The van der Waals surface area contributed by atoms with Gasteiger partial charge in [0.25, 0.3) is 0 Å². The molecule has 1 aliphatic heterocycles. The van der Waals surface area contributed by atoms with E-state index in [0.29, 0.717) is 0 Å². The van der Waals surface area contributed by atoms with Crippen molar-refractivity contribution in [2.45, 2.75) is 30.7 Å². The summed E-state index contributed by atoms with van der Waals surface area (Å²) < 4.78 is 64.5. The molecule has 0 spiro atoms. The Balaban J connectivity index is 3.19. The van der Waals surface area contributed by atoms with E-state index in [1.807, 2.05) is 0 Å². The molecular weight excluding hydrogens is 484 g/mol. The van der Waals surface area contributed by atoms with Crippen LogP contribution in [0.15, 0.2) is 0 Å². The summed E-state index contributed by atoms with van der Waals surface area (Å²) >= 11 is 0. The van der Waals surface area contributed by atoms with Gasteiger partial charge in [-0.1, -0.05) is 0 Å². The van der Waals surface area contributed by atoms with Crippen LogP contribution >= 0.6 is 31.3 Å². The van der Waals surface area contributed by atoms with Gasteiger partial charge >= 0.3 is 31.3 Å². The fourth-order valence-corrected chi connectivity index (χ4v) is 5.45. The van der Waals surface area contributed by atoms with E-state index in [0.717, 1.165) is 0 Å². The minimum Gasteiger partial charge on any atom is -0.394 e. The van der Waals surface area contributed by atoms with Crippen LogP contribution in [0.25, 0.3) is 0 Å². The molecule has 1 saturated heterocycles. The molecule has 0 aromatic rings. The van der Waals surface area contributed by atoms with E-state index < -0.39 is 68.6 Å². The molecule has 1 aliphatic rings. The topological polar surface area (TPSA) is 296 Å². The molecule has 18 nitrogen and oxygen atoms in total. The predicted molar refractivity (Wildman–Crippen MR) is 79.6 cm³/mol. The lowest BCUT2D eigenvalue weighted by Crippen LogP contribution is -2.59. The van der Waals surface area contributed by atoms with Crippen molar-refractivity contribution < 1.29 is 85.3 Å². The smallest absolute Gasteiger partial charge is 0.394 e. The van der Waals surface area contributed by atoms with Gasteiger partial charge in [0.2, 0.25) is 0 Å². The van der Waals surface area contributed by atoms with Crippen molar-refractivity contribution in [3.05, 3.63) is 0 Å². The van der Waals surface area contributed by atoms with Crippen LogP contribution in [0.1, 0.15) is 0 Å². The molecule has 1 fully saturated rings. The summed E-state index contributed by atoms with van der Waals surface area (Å²) in [5.74, 6) is 0. The van der Waals surface area contributed by atoms with E-state index in [1.54, 1.807) is 0 Å². The van der Waals surface area contributed by atoms with Gasteiger partial charge in [0, 0.05) is 0 Å². The molecule has 0 radical (unpaired) electrons. The number of hydrogen-bond donors (Lipinski definition) is 9. The summed E-state index contributed by atoms with van der Waals surface area (Å²) in [6.45, 7) is -1.06. The molecule has 0 bridgehead atoms. The minimum atomic E-state index is -5.74. The van der Waals surface area contributed by atoms with Gasteiger partial charge in [-0.05, 0) is 0 Å². The second-order valence-corrected chi connectivity index (χ2v) is 10.5. The highest BCUT2D eigenvalue weighted by Gasteiger charge is 2.53. The van der Waals surface area contributed by atoms with E-state index in [2.05, 4.69) is 22.4 Å². The van der Waals surface area contributed by atoms with Gasteiger partial charge in [-0.25, -0.2) is 18.3 Å². The average molecular weight is 500 g/mol. The fraction of sp³-hybridized carbons (Fsp3) is 1.00. The third-order valence-corrected chi connectivity index (χ3v) is 7.12. The Kier molecular flexibility index (Phi) is 8.71. The summed E-state index contributed by atoms with van der Waals surface area (Å²) in [6, 6.07) is 0. The summed E-state index contributed by atoms with van der Waals surface area (Å²) in [7, 11) is -22.8. The van der Waals surface area contributed by atoms with Crippen molar-refractivity contribution in [1.29, 1.82) is 0 Å². The molecule has 2 unspecified atom stereocenters. The predicted octanol–water partition coefficient (Wildman–Crippen LogP) is -2.75. The maximum atomic E-state index is 11.7. The fourth-order valence-electron chi connectivity index (χ4n) is 1.91. The number of aliphatic hydroxyl groups excluding tert-OH is 3. The van der Waals surface area contributed by atoms with Crippen molar-refractivity contribution in [3.63, 3.8) is 0 Å². The maximum Gasteiger partial charge on any atom is 0.481 e. The molecule has 28 heavy (non-hydrogen) atoms. The molecule has 22 heteroatoms. The third-order valence-electron chi connectivity index (χ3n) is 2.75. The van der Waals surface area contributed by atoms with E-state index in [1.165, 1.54) is 0 Å². The summed E-state index contributed by atoms with van der Waals surface area (Å²) in [5, 5.41) is 28.8. The summed E-state index contributed by atoms with van der Waals surface area (Å²) in [4.78, 5) is 52.8. The highest BCUT2D eigenvalue weighted by Crippen LogP contribution is 2.61. The van der Waals surface area contributed by atoms with E-state index in [4.69, 9.17) is 24.7 Å².